The van der Waals surface area contributed by atoms with Crippen molar-refractivity contribution in [3.8, 4) is 0 Å². The van der Waals surface area contributed by atoms with Crippen molar-refractivity contribution >= 4 is 15.9 Å². The van der Waals surface area contributed by atoms with Crippen LogP contribution in [0.4, 0.5) is 0 Å². The number of halogens is 1. The van der Waals surface area contributed by atoms with Crippen molar-refractivity contribution in [1.29, 1.82) is 0 Å². The molecule has 0 heterocycles. The maximum atomic E-state index is 3.47. The highest BCUT2D eigenvalue weighted by molar-refractivity contribution is 9.09. The van der Waals surface area contributed by atoms with Crippen LogP contribution in [-0.2, 0) is 0 Å². The Morgan fingerprint density at radius 3 is 1.72 bits per heavy atom. The molecule has 106 valence electrons. The molecule has 0 N–H and O–H groups in total. The van der Waals surface area contributed by atoms with Gasteiger partial charge in [-0.3, -0.25) is 0 Å². The molecular weight excluding hydrogens is 284 g/mol. The molecule has 0 aliphatic rings. The zero-order valence-corrected chi connectivity index (χ0v) is 13.8. The number of allylic oxidation sites excluding steroid dienone is 4. The standard InChI is InChI=1S/C17H31Br/c1-2-3-4-5-6-7-8-9-10-11-12-13-14-15-16-17-18/h5-8H,2-4,9-17H2,1H3/b6-5+,8-7-. The molecule has 0 aromatic carbocycles. The van der Waals surface area contributed by atoms with E-state index in [9.17, 15) is 0 Å². The molecule has 0 aromatic heterocycles. The highest BCUT2D eigenvalue weighted by atomic mass is 79.9. The normalized spacial score (nSPS) is 11.9. The van der Waals surface area contributed by atoms with E-state index in [4.69, 9.17) is 0 Å². The molecule has 0 aromatic rings. The molecular formula is C17H31Br. The van der Waals surface area contributed by atoms with E-state index >= 15 is 0 Å². The highest BCUT2D eigenvalue weighted by Crippen LogP contribution is 2.09. The molecule has 0 rings (SSSR count). The van der Waals surface area contributed by atoms with Crippen molar-refractivity contribution < 1.29 is 0 Å². The molecule has 0 bridgehead atoms. The average Bonchev–Trinajstić information content (AvgIpc) is 2.39. The molecule has 0 amide bonds. The van der Waals surface area contributed by atoms with Crippen LogP contribution in [0.5, 0.6) is 0 Å². The summed E-state index contributed by atoms with van der Waals surface area (Å²) in [5, 5.41) is 1.17. The predicted molar refractivity (Wildman–Crippen MR) is 88.5 cm³/mol. The molecule has 0 spiro atoms. The molecule has 0 fully saturated rings. The third-order valence-corrected chi connectivity index (χ3v) is 3.67. The van der Waals surface area contributed by atoms with Gasteiger partial charge >= 0.3 is 0 Å². The highest BCUT2D eigenvalue weighted by Gasteiger charge is 1.90. The van der Waals surface area contributed by atoms with E-state index in [2.05, 4.69) is 47.2 Å². The van der Waals surface area contributed by atoms with E-state index in [-0.39, 0.29) is 0 Å². The van der Waals surface area contributed by atoms with Gasteiger partial charge < -0.3 is 0 Å². The van der Waals surface area contributed by atoms with Crippen LogP contribution >= 0.6 is 15.9 Å². The number of alkyl halides is 1. The maximum Gasteiger partial charge on any atom is 0.00313 e. The topological polar surface area (TPSA) is 0 Å². The van der Waals surface area contributed by atoms with Crippen LogP contribution in [0.2, 0.25) is 0 Å². The van der Waals surface area contributed by atoms with Gasteiger partial charge in [0.1, 0.15) is 0 Å². The van der Waals surface area contributed by atoms with Gasteiger partial charge in [-0.05, 0) is 25.7 Å². The van der Waals surface area contributed by atoms with Crippen LogP contribution in [0.15, 0.2) is 24.3 Å². The summed E-state index contributed by atoms with van der Waals surface area (Å²) in [6.45, 7) is 2.24. The first-order chi connectivity index (χ1) is 8.91. The van der Waals surface area contributed by atoms with Crippen LogP contribution in [-0.4, -0.2) is 5.33 Å². The van der Waals surface area contributed by atoms with Gasteiger partial charge in [0, 0.05) is 5.33 Å². The minimum absolute atomic E-state index is 1.17. The minimum atomic E-state index is 1.17. The summed E-state index contributed by atoms with van der Waals surface area (Å²) < 4.78 is 0. The lowest BCUT2D eigenvalue weighted by Crippen LogP contribution is -1.80. The quantitative estimate of drug-likeness (QED) is 0.199. The van der Waals surface area contributed by atoms with Crippen molar-refractivity contribution in [2.75, 3.05) is 5.33 Å². The zero-order chi connectivity index (χ0) is 13.3. The molecule has 0 aliphatic carbocycles. The second-order valence-electron chi connectivity index (χ2n) is 4.95. The third-order valence-electron chi connectivity index (χ3n) is 3.11. The van der Waals surface area contributed by atoms with Crippen molar-refractivity contribution in [3.05, 3.63) is 24.3 Å². The minimum Gasteiger partial charge on any atom is -0.0928 e. The number of hydrogen-bond donors (Lipinski definition) is 0. The summed E-state index contributed by atoms with van der Waals surface area (Å²) >= 11 is 3.47. The smallest absolute Gasteiger partial charge is 0.00313 e. The fourth-order valence-electron chi connectivity index (χ4n) is 1.91. The largest absolute Gasteiger partial charge is 0.0928 e. The Morgan fingerprint density at radius 1 is 0.667 bits per heavy atom. The number of unbranched alkanes of at least 4 members (excludes halogenated alkanes) is 9. The molecule has 0 saturated carbocycles. The summed E-state index contributed by atoms with van der Waals surface area (Å²) in [5.74, 6) is 0. The predicted octanol–water partition coefficient (Wildman–Crippen LogP) is 6.80. The van der Waals surface area contributed by atoms with E-state index in [1.54, 1.807) is 0 Å². The summed E-state index contributed by atoms with van der Waals surface area (Å²) in [6, 6.07) is 0. The molecule has 0 aliphatic heterocycles. The molecule has 0 unspecified atom stereocenters. The lowest BCUT2D eigenvalue weighted by atomic mass is 10.1. The maximum absolute atomic E-state index is 3.47. The Kier molecular flexibility index (Phi) is 16.9. The van der Waals surface area contributed by atoms with Gasteiger partial charge in [-0.25, -0.2) is 0 Å². The molecule has 0 atom stereocenters. The van der Waals surface area contributed by atoms with Crippen molar-refractivity contribution in [2.45, 2.75) is 77.6 Å². The summed E-state index contributed by atoms with van der Waals surface area (Å²) in [4.78, 5) is 0. The zero-order valence-electron chi connectivity index (χ0n) is 12.2. The molecule has 0 saturated heterocycles. The van der Waals surface area contributed by atoms with E-state index in [1.165, 1.54) is 76.0 Å². The van der Waals surface area contributed by atoms with Crippen molar-refractivity contribution in [2.24, 2.45) is 0 Å². The first-order valence-electron chi connectivity index (χ1n) is 7.79. The van der Waals surface area contributed by atoms with Crippen LogP contribution < -0.4 is 0 Å². The summed E-state index contributed by atoms with van der Waals surface area (Å²) in [6.07, 6.45) is 23.9. The Morgan fingerprint density at radius 2 is 1.17 bits per heavy atom. The van der Waals surface area contributed by atoms with Crippen molar-refractivity contribution in [1.82, 2.24) is 0 Å². The van der Waals surface area contributed by atoms with E-state index < -0.39 is 0 Å². The molecule has 0 radical (unpaired) electrons. The van der Waals surface area contributed by atoms with Gasteiger partial charge in [-0.1, -0.05) is 92.1 Å². The fraction of sp³-hybridized carbons (Fsp3) is 0.765. The molecule has 1 heteroatoms. The van der Waals surface area contributed by atoms with Crippen LogP contribution in [0.3, 0.4) is 0 Å². The van der Waals surface area contributed by atoms with E-state index in [0.717, 1.165) is 0 Å². The number of hydrogen-bond acceptors (Lipinski definition) is 0. The van der Waals surface area contributed by atoms with Crippen LogP contribution in [0, 0.1) is 0 Å². The fourth-order valence-corrected chi connectivity index (χ4v) is 2.31. The first-order valence-corrected chi connectivity index (χ1v) is 8.91. The van der Waals surface area contributed by atoms with E-state index in [0.29, 0.717) is 0 Å². The molecule has 0 nitrogen and oxygen atoms in total. The van der Waals surface area contributed by atoms with Crippen LogP contribution in [0.25, 0.3) is 0 Å². The van der Waals surface area contributed by atoms with Crippen LogP contribution in [0.1, 0.15) is 77.6 Å². The van der Waals surface area contributed by atoms with Gasteiger partial charge in [-0.15, -0.1) is 0 Å². The van der Waals surface area contributed by atoms with Crippen molar-refractivity contribution in [3.63, 3.8) is 0 Å². The Bertz CT molecular complexity index is 194. The first kappa shape index (κ1) is 18.0. The molecule has 18 heavy (non-hydrogen) atoms. The lowest BCUT2D eigenvalue weighted by molar-refractivity contribution is 0.594. The second kappa shape index (κ2) is 17.0. The van der Waals surface area contributed by atoms with Gasteiger partial charge in [0.25, 0.3) is 0 Å². The number of rotatable bonds is 13. The Labute approximate surface area is 123 Å². The average molecular weight is 315 g/mol. The third kappa shape index (κ3) is 16.0. The summed E-state index contributed by atoms with van der Waals surface area (Å²) in [7, 11) is 0. The second-order valence-corrected chi connectivity index (χ2v) is 5.74. The monoisotopic (exact) mass is 314 g/mol. The van der Waals surface area contributed by atoms with Gasteiger partial charge in [-0.2, -0.15) is 0 Å². The van der Waals surface area contributed by atoms with Gasteiger partial charge in [0.2, 0.25) is 0 Å². The summed E-state index contributed by atoms with van der Waals surface area (Å²) in [5.41, 5.74) is 0. The van der Waals surface area contributed by atoms with E-state index in [1.807, 2.05) is 0 Å². The van der Waals surface area contributed by atoms with Gasteiger partial charge in [0.15, 0.2) is 0 Å². The Balaban J connectivity index is 3.10. The van der Waals surface area contributed by atoms with Gasteiger partial charge in [0.05, 0.1) is 0 Å². The Hall–Kier alpha value is -0.0400. The lowest BCUT2D eigenvalue weighted by Gasteiger charge is -1.99. The SMILES string of the molecule is CCCC/C=C/C=C\CCCCCCCCCBr.